The lowest BCUT2D eigenvalue weighted by Gasteiger charge is -2.34. The lowest BCUT2D eigenvalue weighted by molar-refractivity contribution is 0.120. The molecule has 0 fully saturated rings. The zero-order valence-electron chi connectivity index (χ0n) is 15.0. The van der Waals surface area contributed by atoms with Gasteiger partial charge < -0.3 is 9.30 Å². The Labute approximate surface area is 153 Å². The predicted octanol–water partition coefficient (Wildman–Crippen LogP) is 2.34. The van der Waals surface area contributed by atoms with Gasteiger partial charge in [0.1, 0.15) is 5.82 Å². The molecule has 0 bridgehead atoms. The van der Waals surface area contributed by atoms with Crippen molar-refractivity contribution in [2.45, 2.75) is 39.1 Å². The molecule has 0 saturated carbocycles. The van der Waals surface area contributed by atoms with Crippen molar-refractivity contribution in [2.24, 2.45) is 0 Å². The molecular formula is C19H24N6O. The summed E-state index contributed by atoms with van der Waals surface area (Å²) >= 11 is 0. The predicted molar refractivity (Wildman–Crippen MR) is 97.2 cm³/mol. The van der Waals surface area contributed by atoms with Gasteiger partial charge in [0.25, 0.3) is 0 Å². The van der Waals surface area contributed by atoms with Crippen LogP contribution in [0.15, 0.2) is 43.1 Å². The number of hydrogen-bond acceptors (Lipinski definition) is 5. The van der Waals surface area contributed by atoms with Gasteiger partial charge in [0, 0.05) is 62.1 Å². The van der Waals surface area contributed by atoms with Crippen molar-refractivity contribution < 1.29 is 4.74 Å². The molecule has 26 heavy (non-hydrogen) atoms. The van der Waals surface area contributed by atoms with E-state index in [-0.39, 0.29) is 0 Å². The summed E-state index contributed by atoms with van der Waals surface area (Å²) in [6, 6.07) is 4.26. The Morgan fingerprint density at radius 3 is 3.00 bits per heavy atom. The van der Waals surface area contributed by atoms with Crippen molar-refractivity contribution in [1.82, 2.24) is 29.6 Å². The smallest absolute Gasteiger partial charge is 0.126 e. The molecule has 3 aromatic heterocycles. The number of aromatic nitrogens is 5. The van der Waals surface area contributed by atoms with Crippen LogP contribution in [0.2, 0.25) is 0 Å². The maximum atomic E-state index is 5.80. The molecule has 0 spiro atoms. The summed E-state index contributed by atoms with van der Waals surface area (Å²) in [6.45, 7) is 6.39. The Kier molecular flexibility index (Phi) is 5.08. The summed E-state index contributed by atoms with van der Waals surface area (Å²) in [4.78, 5) is 11.2. The van der Waals surface area contributed by atoms with Crippen LogP contribution in [0.5, 0.6) is 0 Å². The van der Waals surface area contributed by atoms with E-state index in [1.807, 2.05) is 36.9 Å². The number of fused-ring (bicyclic) bond motifs is 1. The zero-order valence-corrected chi connectivity index (χ0v) is 15.0. The first-order chi connectivity index (χ1) is 12.8. The number of imidazole rings is 1. The Balaban J connectivity index is 1.33. The molecule has 1 N–H and O–H groups in total. The summed E-state index contributed by atoms with van der Waals surface area (Å²) < 4.78 is 8.15. The first-order valence-electron chi connectivity index (χ1n) is 9.04. The highest BCUT2D eigenvalue weighted by Gasteiger charge is 2.26. The van der Waals surface area contributed by atoms with Crippen molar-refractivity contribution in [1.29, 1.82) is 0 Å². The number of ether oxygens (including phenoxy) is 1. The highest BCUT2D eigenvalue weighted by molar-refractivity contribution is 5.13. The molecule has 7 heteroatoms. The number of nitrogens with one attached hydrogen (secondary N) is 1. The van der Waals surface area contributed by atoms with Gasteiger partial charge >= 0.3 is 0 Å². The third-order valence-electron chi connectivity index (χ3n) is 4.94. The average molecular weight is 352 g/mol. The van der Waals surface area contributed by atoms with Gasteiger partial charge in [0.15, 0.2) is 0 Å². The lowest BCUT2D eigenvalue weighted by Crippen LogP contribution is -2.37. The van der Waals surface area contributed by atoms with E-state index in [0.29, 0.717) is 19.3 Å². The largest absolute Gasteiger partial charge is 0.376 e. The summed E-state index contributed by atoms with van der Waals surface area (Å²) in [7, 11) is 0. The van der Waals surface area contributed by atoms with Crippen LogP contribution in [-0.4, -0.2) is 42.8 Å². The van der Waals surface area contributed by atoms with Crippen LogP contribution >= 0.6 is 0 Å². The molecule has 0 aliphatic carbocycles. The first kappa shape index (κ1) is 16.9. The quantitative estimate of drug-likeness (QED) is 0.661. The second-order valence-electron chi connectivity index (χ2n) is 6.68. The summed E-state index contributed by atoms with van der Waals surface area (Å²) in [5.74, 6) is 1.14. The van der Waals surface area contributed by atoms with Gasteiger partial charge in [0.2, 0.25) is 0 Å². The topological polar surface area (TPSA) is 71.9 Å². The van der Waals surface area contributed by atoms with E-state index in [4.69, 9.17) is 4.74 Å². The Morgan fingerprint density at radius 2 is 2.19 bits per heavy atom. The van der Waals surface area contributed by atoms with Gasteiger partial charge in [-0.2, -0.15) is 5.10 Å². The van der Waals surface area contributed by atoms with Crippen LogP contribution < -0.4 is 0 Å². The molecule has 1 aliphatic heterocycles. The molecule has 4 heterocycles. The average Bonchev–Trinajstić information content (AvgIpc) is 3.32. The fourth-order valence-corrected chi connectivity index (χ4v) is 3.47. The zero-order chi connectivity index (χ0) is 17.8. The Morgan fingerprint density at radius 1 is 1.23 bits per heavy atom. The number of nitrogens with zero attached hydrogens (tertiary/aromatic N) is 5. The SMILES string of the molecule is C[C@H]1c2ncc(CCOCc3cccnc3)n2CCN1Cc1cn[nH]c1. The van der Waals surface area contributed by atoms with E-state index in [0.717, 1.165) is 37.4 Å². The number of hydrogen-bond donors (Lipinski definition) is 1. The molecule has 3 aromatic rings. The molecule has 0 amide bonds. The van der Waals surface area contributed by atoms with E-state index in [1.165, 1.54) is 11.3 Å². The molecule has 4 rings (SSSR count). The van der Waals surface area contributed by atoms with Gasteiger partial charge in [-0.3, -0.25) is 15.0 Å². The second-order valence-corrected chi connectivity index (χ2v) is 6.68. The van der Waals surface area contributed by atoms with Crippen LogP contribution in [-0.2, 0) is 30.9 Å². The molecule has 1 aliphatic rings. The third-order valence-corrected chi connectivity index (χ3v) is 4.94. The first-order valence-corrected chi connectivity index (χ1v) is 9.04. The van der Waals surface area contributed by atoms with Crippen LogP contribution in [0.3, 0.4) is 0 Å². The van der Waals surface area contributed by atoms with E-state index in [1.54, 1.807) is 6.20 Å². The molecule has 0 saturated heterocycles. The molecule has 0 aromatic carbocycles. The Bertz CT molecular complexity index is 814. The second kappa shape index (κ2) is 7.80. The van der Waals surface area contributed by atoms with Crippen molar-refractivity contribution >= 4 is 0 Å². The fraction of sp³-hybridized carbons (Fsp3) is 0.421. The minimum atomic E-state index is 0.295. The monoisotopic (exact) mass is 352 g/mol. The fourth-order valence-electron chi connectivity index (χ4n) is 3.47. The van der Waals surface area contributed by atoms with E-state index in [2.05, 4.69) is 36.6 Å². The van der Waals surface area contributed by atoms with Gasteiger partial charge in [-0.1, -0.05) is 6.07 Å². The summed E-state index contributed by atoms with van der Waals surface area (Å²) in [5, 5.41) is 6.92. The van der Waals surface area contributed by atoms with Crippen LogP contribution in [0.25, 0.3) is 0 Å². The number of rotatable bonds is 7. The normalized spacial score (nSPS) is 17.3. The minimum absolute atomic E-state index is 0.295. The maximum Gasteiger partial charge on any atom is 0.126 e. The summed E-state index contributed by atoms with van der Waals surface area (Å²) in [6.07, 6.45) is 10.3. The van der Waals surface area contributed by atoms with Crippen LogP contribution in [0.1, 0.15) is 35.6 Å². The summed E-state index contributed by atoms with van der Waals surface area (Å²) in [5.41, 5.74) is 3.56. The molecule has 0 unspecified atom stereocenters. The number of H-pyrrole nitrogens is 1. The standard InChI is InChI=1S/C19H24N6O/c1-15-19-21-12-18(4-8-26-14-16-3-2-5-20-9-16)25(19)7-6-24(15)13-17-10-22-23-11-17/h2-3,5,9-12,15H,4,6-8,13-14H2,1H3,(H,22,23)/t15-/m0/s1. The molecule has 0 radical (unpaired) electrons. The number of pyridine rings is 1. The Hall–Kier alpha value is -2.51. The molecular weight excluding hydrogens is 328 g/mol. The van der Waals surface area contributed by atoms with E-state index in [9.17, 15) is 0 Å². The van der Waals surface area contributed by atoms with Gasteiger partial charge in [-0.25, -0.2) is 4.98 Å². The molecule has 136 valence electrons. The van der Waals surface area contributed by atoms with Crippen molar-refractivity contribution in [2.75, 3.05) is 13.2 Å². The highest BCUT2D eigenvalue weighted by Crippen LogP contribution is 2.26. The maximum absolute atomic E-state index is 5.80. The lowest BCUT2D eigenvalue weighted by atomic mass is 10.2. The van der Waals surface area contributed by atoms with Gasteiger partial charge in [-0.05, 0) is 18.6 Å². The third kappa shape index (κ3) is 3.68. The van der Waals surface area contributed by atoms with Crippen molar-refractivity contribution in [3.05, 3.63) is 65.8 Å². The van der Waals surface area contributed by atoms with Crippen LogP contribution in [0, 0.1) is 0 Å². The van der Waals surface area contributed by atoms with Gasteiger partial charge in [-0.15, -0.1) is 0 Å². The number of aromatic amines is 1. The van der Waals surface area contributed by atoms with E-state index >= 15 is 0 Å². The molecule has 7 nitrogen and oxygen atoms in total. The highest BCUT2D eigenvalue weighted by atomic mass is 16.5. The van der Waals surface area contributed by atoms with E-state index < -0.39 is 0 Å². The van der Waals surface area contributed by atoms with Crippen LogP contribution in [0.4, 0.5) is 0 Å². The van der Waals surface area contributed by atoms with Crippen molar-refractivity contribution in [3.63, 3.8) is 0 Å². The minimum Gasteiger partial charge on any atom is -0.376 e. The molecule has 1 atom stereocenters. The van der Waals surface area contributed by atoms with Crippen molar-refractivity contribution in [3.8, 4) is 0 Å². The van der Waals surface area contributed by atoms with Gasteiger partial charge in [0.05, 0.1) is 25.5 Å².